The maximum Gasteiger partial charge on any atom is 0.261 e. The summed E-state index contributed by atoms with van der Waals surface area (Å²) >= 11 is 0. The van der Waals surface area contributed by atoms with Gasteiger partial charge >= 0.3 is 0 Å². The summed E-state index contributed by atoms with van der Waals surface area (Å²) in [6, 6.07) is 28.9. The molecule has 2 fully saturated rings. The van der Waals surface area contributed by atoms with Crippen LogP contribution in [0.2, 0.25) is 5.04 Å². The van der Waals surface area contributed by atoms with Crippen molar-refractivity contribution in [1.29, 1.82) is 0 Å². The number of ether oxygens (including phenoxy) is 4. The third-order valence-corrected chi connectivity index (χ3v) is 14.9. The molecule has 5 rings (SSSR count). The van der Waals surface area contributed by atoms with E-state index in [0.29, 0.717) is 26.1 Å². The van der Waals surface area contributed by atoms with Crippen LogP contribution in [0.5, 0.6) is 11.5 Å². The first-order valence-electron chi connectivity index (χ1n) is 16.0. The fourth-order valence-corrected chi connectivity index (χ4v) is 12.3. The number of carbonyl (C=O) groups is 1. The van der Waals surface area contributed by atoms with Gasteiger partial charge in [0.2, 0.25) is 0 Å². The maximum atomic E-state index is 13.2. The monoisotopic (exact) mass is 628 g/mol. The minimum absolute atomic E-state index is 0.0277. The maximum absolute atomic E-state index is 13.2. The number of carbonyl (C=O) groups excluding carboxylic acids is 1. The summed E-state index contributed by atoms with van der Waals surface area (Å²) in [7, 11) is 0.545. The Kier molecular flexibility index (Phi) is 10.3. The van der Waals surface area contributed by atoms with E-state index in [0.717, 1.165) is 24.3 Å². The Morgan fingerprint density at radius 2 is 1.53 bits per heavy atom. The second-order valence-electron chi connectivity index (χ2n) is 13.4. The van der Waals surface area contributed by atoms with Gasteiger partial charge in [-0.1, -0.05) is 87.5 Å². The van der Waals surface area contributed by atoms with Crippen LogP contribution in [0.1, 0.15) is 46.5 Å². The van der Waals surface area contributed by atoms with Crippen LogP contribution < -0.4 is 19.8 Å². The number of hydrogen-bond donors (Lipinski definition) is 0. The molecule has 45 heavy (non-hydrogen) atoms. The molecular weight excluding hydrogens is 580 g/mol. The van der Waals surface area contributed by atoms with Gasteiger partial charge in [-0.3, -0.25) is 4.79 Å². The van der Waals surface area contributed by atoms with Crippen molar-refractivity contribution in [2.24, 2.45) is 17.3 Å². The van der Waals surface area contributed by atoms with Gasteiger partial charge in [0.15, 0.2) is 6.29 Å². The zero-order valence-electron chi connectivity index (χ0n) is 27.4. The van der Waals surface area contributed by atoms with Gasteiger partial charge in [-0.25, -0.2) is 0 Å². The Morgan fingerprint density at radius 3 is 2.07 bits per heavy atom. The lowest BCUT2D eigenvalue weighted by Crippen LogP contribution is -2.67. The minimum atomic E-state index is -2.80. The number of methoxy groups -OCH3 is 2. The molecule has 0 bridgehead atoms. The summed E-state index contributed by atoms with van der Waals surface area (Å²) in [6.07, 6.45) is 3.70. The number of benzene rings is 3. The number of fused-ring (bicyclic) bond motifs is 1. The van der Waals surface area contributed by atoms with Crippen LogP contribution in [-0.4, -0.2) is 53.9 Å². The van der Waals surface area contributed by atoms with E-state index >= 15 is 0 Å². The van der Waals surface area contributed by atoms with Gasteiger partial charge in [-0.05, 0) is 52.5 Å². The largest absolute Gasteiger partial charge is 0.497 e. The number of rotatable bonds is 13. The van der Waals surface area contributed by atoms with Crippen molar-refractivity contribution in [2.75, 3.05) is 27.4 Å². The summed E-state index contributed by atoms with van der Waals surface area (Å²) in [4.78, 5) is 13.2. The molecule has 1 saturated heterocycles. The number of Topliss-reactive ketones (excluding diaryl/α,β-unsaturated/α-hetero) is 1. The zero-order chi connectivity index (χ0) is 32.1. The molecular formula is C38H48O6Si. The molecule has 0 unspecified atom stereocenters. The Labute approximate surface area is 269 Å². The molecule has 240 valence electrons. The third kappa shape index (κ3) is 6.54. The summed E-state index contributed by atoms with van der Waals surface area (Å²) in [5.41, 5.74) is -0.435. The SMILES string of the molecule is C=C[C@@]12CC(=O)C[C@@H]1[C@@H](CO[Si](c1ccccc1)(c1ccccc1)C(C)(C)C)O[C@H](OC)[C@@H]2CCCOc1ccc(OC)cc1. The first-order chi connectivity index (χ1) is 21.7. The van der Waals surface area contributed by atoms with Crippen LogP contribution in [0, 0.1) is 17.3 Å². The topological polar surface area (TPSA) is 63.2 Å². The molecule has 2 aliphatic rings. The molecule has 0 aromatic heterocycles. The lowest BCUT2D eigenvalue weighted by atomic mass is 9.63. The van der Waals surface area contributed by atoms with Crippen molar-refractivity contribution >= 4 is 24.5 Å². The van der Waals surface area contributed by atoms with Crippen molar-refractivity contribution < 1.29 is 28.2 Å². The van der Waals surface area contributed by atoms with E-state index in [1.807, 2.05) is 30.3 Å². The molecule has 1 saturated carbocycles. The highest BCUT2D eigenvalue weighted by Crippen LogP contribution is 2.57. The van der Waals surface area contributed by atoms with Crippen molar-refractivity contribution in [1.82, 2.24) is 0 Å². The first-order valence-corrected chi connectivity index (χ1v) is 17.9. The van der Waals surface area contributed by atoms with Gasteiger partial charge < -0.3 is 23.4 Å². The Hall–Kier alpha value is -3.23. The lowest BCUT2D eigenvalue weighted by molar-refractivity contribution is -0.263. The van der Waals surface area contributed by atoms with Crippen LogP contribution in [0.15, 0.2) is 97.6 Å². The first kappa shape index (κ1) is 33.1. The van der Waals surface area contributed by atoms with Gasteiger partial charge in [0.25, 0.3) is 8.32 Å². The standard InChI is InChI=1S/C38H48O6Si/c1-7-38-26-28(39)25-34(38)35(44-36(41-6)33(38)19-14-24-42-30-22-20-29(40-5)21-23-30)27-43-45(37(2,3)4,31-15-10-8-11-16-31)32-17-12-9-13-18-32/h7-13,15-18,20-23,33-36H,1,14,19,24-27H2,2-6H3/t33-,34+,35+,36-,38-/m0/s1. The number of ketones is 1. The average Bonchev–Trinajstić information content (AvgIpc) is 3.41. The highest BCUT2D eigenvalue weighted by atomic mass is 28.4. The normalized spacial score (nSPS) is 25.0. The van der Waals surface area contributed by atoms with E-state index in [-0.39, 0.29) is 28.8 Å². The van der Waals surface area contributed by atoms with E-state index in [2.05, 4.69) is 88.0 Å². The van der Waals surface area contributed by atoms with Crippen molar-refractivity contribution in [3.05, 3.63) is 97.6 Å². The fraction of sp³-hybridized carbons (Fsp3) is 0.447. The molecule has 1 aliphatic carbocycles. The molecule has 0 amide bonds. The number of hydrogen-bond acceptors (Lipinski definition) is 6. The highest BCUT2D eigenvalue weighted by molar-refractivity contribution is 6.99. The second-order valence-corrected chi connectivity index (χ2v) is 17.7. The molecule has 1 aliphatic heterocycles. The van der Waals surface area contributed by atoms with Crippen LogP contribution in [-0.2, 0) is 18.7 Å². The number of allylic oxidation sites excluding steroid dienone is 1. The third-order valence-electron chi connectivity index (χ3n) is 9.90. The van der Waals surface area contributed by atoms with Crippen LogP contribution in [0.4, 0.5) is 0 Å². The molecule has 7 heteroatoms. The molecule has 5 atom stereocenters. The van der Waals surface area contributed by atoms with Gasteiger partial charge in [-0.2, -0.15) is 0 Å². The summed E-state index contributed by atoms with van der Waals surface area (Å²) in [6.45, 7) is 12.0. The van der Waals surface area contributed by atoms with Crippen molar-refractivity contribution in [3.63, 3.8) is 0 Å². The average molecular weight is 629 g/mol. The fourth-order valence-electron chi connectivity index (χ4n) is 7.77. The quantitative estimate of drug-likeness (QED) is 0.121. The van der Waals surface area contributed by atoms with Crippen LogP contribution in [0.3, 0.4) is 0 Å². The molecule has 3 aromatic rings. The second kappa shape index (κ2) is 14.0. The predicted octanol–water partition coefficient (Wildman–Crippen LogP) is 6.57. The summed E-state index contributed by atoms with van der Waals surface area (Å²) < 4.78 is 31.4. The zero-order valence-corrected chi connectivity index (χ0v) is 28.4. The lowest BCUT2D eigenvalue weighted by Gasteiger charge is -2.52. The van der Waals surface area contributed by atoms with Crippen LogP contribution in [0.25, 0.3) is 0 Å². The Morgan fingerprint density at radius 1 is 0.933 bits per heavy atom. The molecule has 0 spiro atoms. The molecule has 0 radical (unpaired) electrons. The smallest absolute Gasteiger partial charge is 0.261 e. The van der Waals surface area contributed by atoms with E-state index in [1.165, 1.54) is 10.4 Å². The van der Waals surface area contributed by atoms with Gasteiger partial charge in [-0.15, -0.1) is 6.58 Å². The minimum Gasteiger partial charge on any atom is -0.497 e. The Balaban J connectivity index is 1.39. The van der Waals surface area contributed by atoms with Crippen LogP contribution >= 0.6 is 0 Å². The molecule has 6 nitrogen and oxygen atoms in total. The van der Waals surface area contributed by atoms with Crippen molar-refractivity contribution in [2.45, 2.75) is 63.9 Å². The highest BCUT2D eigenvalue weighted by Gasteiger charge is 2.60. The molecule has 0 N–H and O–H groups in total. The van der Waals surface area contributed by atoms with E-state index < -0.39 is 20.0 Å². The van der Waals surface area contributed by atoms with Gasteiger partial charge in [0, 0.05) is 37.2 Å². The van der Waals surface area contributed by atoms with E-state index in [1.54, 1.807) is 14.2 Å². The predicted molar refractivity (Wildman–Crippen MR) is 181 cm³/mol. The van der Waals surface area contributed by atoms with Gasteiger partial charge in [0.05, 0.1) is 26.4 Å². The Bertz CT molecular complexity index is 1360. The molecule has 3 aromatic carbocycles. The molecule has 1 heterocycles. The van der Waals surface area contributed by atoms with Gasteiger partial charge in [0.1, 0.15) is 17.3 Å². The summed E-state index contributed by atoms with van der Waals surface area (Å²) in [5.74, 6) is 1.77. The van der Waals surface area contributed by atoms with E-state index in [9.17, 15) is 4.79 Å². The van der Waals surface area contributed by atoms with E-state index in [4.69, 9.17) is 23.4 Å². The van der Waals surface area contributed by atoms with Crippen molar-refractivity contribution in [3.8, 4) is 11.5 Å². The summed E-state index contributed by atoms with van der Waals surface area (Å²) in [5, 5.41) is 2.27.